The summed E-state index contributed by atoms with van der Waals surface area (Å²) in [5, 5.41) is 19.4. The van der Waals surface area contributed by atoms with E-state index in [2.05, 4.69) is 27.4 Å². The number of ether oxygens (including phenoxy) is 2. The zero-order valence-electron chi connectivity index (χ0n) is 16.7. The summed E-state index contributed by atoms with van der Waals surface area (Å²) in [6.45, 7) is 12.3. The first kappa shape index (κ1) is 19.4. The molecular weight excluding hydrogens is 346 g/mol. The fourth-order valence-electron chi connectivity index (χ4n) is 6.01. The Hall–Kier alpha value is -0.970. The van der Waals surface area contributed by atoms with Crippen LogP contribution in [0.2, 0.25) is 0 Å². The fourth-order valence-corrected chi connectivity index (χ4v) is 6.01. The highest BCUT2D eigenvalue weighted by Crippen LogP contribution is 2.66. The molecule has 1 aliphatic carbocycles. The van der Waals surface area contributed by atoms with Gasteiger partial charge in [0.25, 0.3) is 0 Å². The van der Waals surface area contributed by atoms with Gasteiger partial charge in [0.1, 0.15) is 0 Å². The molecule has 27 heavy (non-hydrogen) atoms. The molecular formula is C21H31NO5. The Balaban J connectivity index is 1.73. The minimum atomic E-state index is -0.908. The number of aliphatic hydroxyl groups is 1. The first-order chi connectivity index (χ1) is 12.7. The molecule has 0 aromatic heterocycles. The first-order valence-electron chi connectivity index (χ1n) is 10.1. The average molecular weight is 377 g/mol. The second-order valence-corrected chi connectivity index (χ2v) is 9.47. The third-order valence-electron chi connectivity index (χ3n) is 8.08. The minimum absolute atomic E-state index is 0.111. The Labute approximate surface area is 161 Å². The SMILES string of the molecule is C=C(C#N)[C@@H](O)C[C@H]1O[C@@H]2O[C@]3(C)CC[C@H]4[C@H](C)CC[C@@](C)([C@H]1C)[C@@]24OO3. The maximum atomic E-state index is 10.4. The maximum absolute atomic E-state index is 10.4. The molecule has 5 fully saturated rings. The fraction of sp³-hybridized carbons (Fsp3) is 0.857. The summed E-state index contributed by atoms with van der Waals surface area (Å²) < 4.78 is 12.8. The molecule has 6 heteroatoms. The van der Waals surface area contributed by atoms with Gasteiger partial charge in [-0.25, -0.2) is 9.78 Å². The van der Waals surface area contributed by atoms with E-state index in [0.717, 1.165) is 25.7 Å². The van der Waals surface area contributed by atoms with Crippen LogP contribution in [0.15, 0.2) is 12.2 Å². The highest BCUT2D eigenvalue weighted by Gasteiger charge is 2.73. The molecule has 6 nitrogen and oxygen atoms in total. The molecule has 5 rings (SSSR count). The number of aliphatic hydroxyl groups excluding tert-OH is 1. The smallest absolute Gasteiger partial charge is 0.201 e. The lowest BCUT2D eigenvalue weighted by Gasteiger charge is -2.65. The summed E-state index contributed by atoms with van der Waals surface area (Å²) in [6.07, 6.45) is 2.50. The number of hydrogen-bond acceptors (Lipinski definition) is 6. The van der Waals surface area contributed by atoms with Crippen molar-refractivity contribution in [2.24, 2.45) is 23.2 Å². The van der Waals surface area contributed by atoms with Crippen molar-refractivity contribution in [3.63, 3.8) is 0 Å². The zero-order valence-corrected chi connectivity index (χ0v) is 16.7. The third-order valence-corrected chi connectivity index (χ3v) is 8.08. The first-order valence-corrected chi connectivity index (χ1v) is 10.1. The molecule has 4 saturated heterocycles. The molecule has 1 N–H and O–H groups in total. The summed E-state index contributed by atoms with van der Waals surface area (Å²) >= 11 is 0. The van der Waals surface area contributed by atoms with Gasteiger partial charge in [0.05, 0.1) is 23.9 Å². The molecule has 150 valence electrons. The van der Waals surface area contributed by atoms with E-state index in [0.29, 0.717) is 18.3 Å². The number of rotatable bonds is 3. The van der Waals surface area contributed by atoms with Gasteiger partial charge in [-0.3, -0.25) is 0 Å². The quantitative estimate of drug-likeness (QED) is 0.599. The topological polar surface area (TPSA) is 80.9 Å². The molecule has 0 aromatic carbocycles. The monoisotopic (exact) mass is 377 g/mol. The van der Waals surface area contributed by atoms with Crippen LogP contribution >= 0.6 is 0 Å². The van der Waals surface area contributed by atoms with Crippen molar-refractivity contribution >= 4 is 0 Å². The Morgan fingerprint density at radius 2 is 2.00 bits per heavy atom. The highest BCUT2D eigenvalue weighted by atomic mass is 17.3. The van der Waals surface area contributed by atoms with Gasteiger partial charge in [-0.15, -0.1) is 0 Å². The summed E-state index contributed by atoms with van der Waals surface area (Å²) in [6, 6.07) is 1.95. The molecule has 9 atom stereocenters. The van der Waals surface area contributed by atoms with Gasteiger partial charge in [0, 0.05) is 18.3 Å². The number of nitriles is 1. The number of fused-ring (bicyclic) bond motifs is 2. The van der Waals surface area contributed by atoms with Gasteiger partial charge in [-0.2, -0.15) is 5.26 Å². The Kier molecular flexibility index (Phi) is 4.49. The van der Waals surface area contributed by atoms with Crippen molar-refractivity contribution < 1.29 is 24.4 Å². The number of hydrogen-bond donors (Lipinski definition) is 1. The normalized spacial score (nSPS) is 52.4. The van der Waals surface area contributed by atoms with Crippen LogP contribution in [0.5, 0.6) is 0 Å². The minimum Gasteiger partial charge on any atom is -0.388 e. The van der Waals surface area contributed by atoms with Gasteiger partial charge < -0.3 is 14.6 Å². The zero-order chi connectivity index (χ0) is 19.6. The Morgan fingerprint density at radius 3 is 2.70 bits per heavy atom. The van der Waals surface area contributed by atoms with Crippen LogP contribution in [-0.4, -0.2) is 35.0 Å². The van der Waals surface area contributed by atoms with Crippen LogP contribution < -0.4 is 0 Å². The van der Waals surface area contributed by atoms with Crippen molar-refractivity contribution in [3.8, 4) is 6.07 Å². The predicted octanol–water partition coefficient (Wildman–Crippen LogP) is 3.46. The van der Waals surface area contributed by atoms with Crippen LogP contribution in [0.4, 0.5) is 0 Å². The molecule has 2 bridgehead atoms. The van der Waals surface area contributed by atoms with Crippen LogP contribution in [0.25, 0.3) is 0 Å². The largest absolute Gasteiger partial charge is 0.388 e. The molecule has 4 aliphatic heterocycles. The molecule has 0 amide bonds. The van der Waals surface area contributed by atoms with Gasteiger partial charge in [0.2, 0.25) is 5.79 Å². The van der Waals surface area contributed by atoms with Crippen molar-refractivity contribution in [2.45, 2.75) is 89.7 Å². The third kappa shape index (κ3) is 2.56. The van der Waals surface area contributed by atoms with Gasteiger partial charge in [-0.05, 0) is 43.9 Å². The lowest BCUT2D eigenvalue weighted by Crippen LogP contribution is -2.74. The predicted molar refractivity (Wildman–Crippen MR) is 96.8 cm³/mol. The maximum Gasteiger partial charge on any atom is 0.201 e. The van der Waals surface area contributed by atoms with E-state index < -0.39 is 23.8 Å². The molecule has 0 aromatic rings. The second kappa shape index (κ2) is 6.27. The van der Waals surface area contributed by atoms with E-state index in [-0.39, 0.29) is 23.0 Å². The molecule has 0 radical (unpaired) electrons. The van der Waals surface area contributed by atoms with Crippen molar-refractivity contribution in [1.29, 1.82) is 5.26 Å². The number of nitrogens with zero attached hydrogens (tertiary/aromatic N) is 1. The van der Waals surface area contributed by atoms with Crippen LogP contribution in [0.3, 0.4) is 0 Å². The van der Waals surface area contributed by atoms with E-state index in [1.165, 1.54) is 0 Å². The Bertz CT molecular complexity index is 676. The van der Waals surface area contributed by atoms with Gasteiger partial charge in [-0.1, -0.05) is 27.4 Å². The molecule has 5 aliphatic rings. The molecule has 1 spiro atoms. The second-order valence-electron chi connectivity index (χ2n) is 9.47. The summed E-state index contributed by atoms with van der Waals surface area (Å²) in [7, 11) is 0. The van der Waals surface area contributed by atoms with E-state index in [4.69, 9.17) is 24.5 Å². The van der Waals surface area contributed by atoms with Crippen LogP contribution in [-0.2, 0) is 19.2 Å². The average Bonchev–Trinajstić information content (AvgIpc) is 2.87. The molecule has 1 saturated carbocycles. The van der Waals surface area contributed by atoms with Crippen LogP contribution in [0, 0.1) is 34.5 Å². The van der Waals surface area contributed by atoms with Crippen LogP contribution in [0.1, 0.15) is 59.8 Å². The van der Waals surface area contributed by atoms with Crippen molar-refractivity contribution in [2.75, 3.05) is 0 Å². The standard InChI is InChI=1S/C21H31NO5/c1-12-6-8-19(4)14(3)17(10-16(23)13(2)11-22)24-18-21(19)15(12)7-9-20(5,25-18)26-27-21/h12,14-18,23H,2,6-10H2,1,3-5H3/t12-,14+,15+,16+,17-,18-,19+,20+,21+/m1/s1. The van der Waals surface area contributed by atoms with Gasteiger partial charge >= 0.3 is 0 Å². The molecule has 4 heterocycles. The van der Waals surface area contributed by atoms with E-state index in [9.17, 15) is 5.11 Å². The highest BCUT2D eigenvalue weighted by molar-refractivity contribution is 5.22. The van der Waals surface area contributed by atoms with Crippen molar-refractivity contribution in [3.05, 3.63) is 12.2 Å². The lowest BCUT2D eigenvalue weighted by molar-refractivity contribution is -0.581. The van der Waals surface area contributed by atoms with E-state index in [1.807, 2.05) is 13.0 Å². The van der Waals surface area contributed by atoms with Crippen molar-refractivity contribution in [1.82, 2.24) is 0 Å². The summed E-state index contributed by atoms with van der Waals surface area (Å²) in [5.41, 5.74) is -0.688. The summed E-state index contributed by atoms with van der Waals surface area (Å²) in [4.78, 5) is 12.1. The Morgan fingerprint density at radius 1 is 1.26 bits per heavy atom. The van der Waals surface area contributed by atoms with E-state index in [1.54, 1.807) is 0 Å². The molecule has 0 unspecified atom stereocenters. The lowest BCUT2D eigenvalue weighted by atomic mass is 9.49. The summed E-state index contributed by atoms with van der Waals surface area (Å²) in [5.74, 6) is 0.102. The van der Waals surface area contributed by atoms with E-state index >= 15 is 0 Å². The van der Waals surface area contributed by atoms with Gasteiger partial charge in [0.15, 0.2) is 11.9 Å².